The molecule has 0 radical (unpaired) electrons. The van der Waals surface area contributed by atoms with Gasteiger partial charge < -0.3 is 9.84 Å². The van der Waals surface area contributed by atoms with Gasteiger partial charge >= 0.3 is 5.97 Å². The molecule has 0 amide bonds. The minimum atomic E-state index is -0.722. The Labute approximate surface area is 115 Å². The van der Waals surface area contributed by atoms with Gasteiger partial charge in [-0.25, -0.2) is 0 Å². The molecule has 0 saturated heterocycles. The summed E-state index contributed by atoms with van der Waals surface area (Å²) in [6, 6.07) is 2.06. The van der Waals surface area contributed by atoms with Gasteiger partial charge in [-0.1, -0.05) is 19.9 Å². The second kappa shape index (κ2) is 6.09. The quantitative estimate of drug-likeness (QED) is 0.885. The summed E-state index contributed by atoms with van der Waals surface area (Å²) in [5.74, 6) is -0.0382. The molecule has 0 spiro atoms. The number of ether oxygens (including phenoxy) is 1. The molecule has 1 rings (SSSR count). The van der Waals surface area contributed by atoms with Crippen molar-refractivity contribution in [3.05, 3.63) is 28.3 Å². The number of carbonyl (C=O) groups is 1. The van der Waals surface area contributed by atoms with Crippen LogP contribution in [0.5, 0.6) is 5.75 Å². The molecule has 0 bridgehead atoms. The third-order valence-electron chi connectivity index (χ3n) is 3.90. The Morgan fingerprint density at radius 3 is 2.26 bits per heavy atom. The molecule has 0 saturated carbocycles. The predicted octanol–water partition coefficient (Wildman–Crippen LogP) is 3.52. The van der Waals surface area contributed by atoms with Crippen LogP contribution in [0.3, 0.4) is 0 Å². The molecule has 0 aromatic heterocycles. The minimum Gasteiger partial charge on any atom is -0.496 e. The summed E-state index contributed by atoms with van der Waals surface area (Å²) in [6.07, 6.45) is 0.574. The van der Waals surface area contributed by atoms with E-state index >= 15 is 0 Å². The first-order chi connectivity index (χ1) is 8.79. The molecule has 1 unspecified atom stereocenters. The van der Waals surface area contributed by atoms with Gasteiger partial charge in [0, 0.05) is 0 Å². The molecular formula is C16H24O3. The number of hydrogen-bond acceptors (Lipinski definition) is 2. The van der Waals surface area contributed by atoms with Crippen LogP contribution in [-0.4, -0.2) is 18.2 Å². The summed E-state index contributed by atoms with van der Waals surface area (Å²) in [6.45, 7) is 9.97. The lowest BCUT2D eigenvalue weighted by atomic mass is 9.86. The largest absolute Gasteiger partial charge is 0.496 e. The van der Waals surface area contributed by atoms with Gasteiger partial charge in [0.05, 0.1) is 13.0 Å². The standard InChI is InChI=1S/C16H24O3/c1-9(2)14(16(17)18)8-13-7-10(3)15(19-6)12(5)11(13)4/h7,9,14H,8H2,1-6H3,(H,17,18). The Kier molecular flexibility index (Phi) is 4.98. The Morgan fingerprint density at radius 2 is 1.84 bits per heavy atom. The van der Waals surface area contributed by atoms with Crippen molar-refractivity contribution in [1.82, 2.24) is 0 Å². The first-order valence-electron chi connectivity index (χ1n) is 6.66. The van der Waals surface area contributed by atoms with Crippen LogP contribution in [0, 0.1) is 32.6 Å². The zero-order valence-corrected chi connectivity index (χ0v) is 12.7. The highest BCUT2D eigenvalue weighted by Gasteiger charge is 2.23. The Bertz CT molecular complexity index is 475. The van der Waals surface area contributed by atoms with Crippen molar-refractivity contribution in [2.75, 3.05) is 7.11 Å². The highest BCUT2D eigenvalue weighted by atomic mass is 16.5. The van der Waals surface area contributed by atoms with Crippen LogP contribution >= 0.6 is 0 Å². The molecule has 3 nitrogen and oxygen atoms in total. The van der Waals surface area contributed by atoms with Crippen molar-refractivity contribution in [1.29, 1.82) is 0 Å². The molecule has 0 aliphatic rings. The van der Waals surface area contributed by atoms with E-state index < -0.39 is 5.97 Å². The average molecular weight is 264 g/mol. The lowest BCUT2D eigenvalue weighted by Gasteiger charge is -2.20. The molecular weight excluding hydrogens is 240 g/mol. The average Bonchev–Trinajstić information content (AvgIpc) is 2.31. The van der Waals surface area contributed by atoms with Gasteiger partial charge in [0.25, 0.3) is 0 Å². The van der Waals surface area contributed by atoms with Gasteiger partial charge in [0.1, 0.15) is 5.75 Å². The molecule has 106 valence electrons. The smallest absolute Gasteiger partial charge is 0.307 e. The van der Waals surface area contributed by atoms with Gasteiger partial charge in [0.15, 0.2) is 0 Å². The van der Waals surface area contributed by atoms with Gasteiger partial charge in [-0.05, 0) is 55.4 Å². The molecule has 0 aliphatic carbocycles. The van der Waals surface area contributed by atoms with E-state index in [0.29, 0.717) is 6.42 Å². The molecule has 19 heavy (non-hydrogen) atoms. The number of methoxy groups -OCH3 is 1. The van der Waals surface area contributed by atoms with E-state index in [-0.39, 0.29) is 11.8 Å². The monoisotopic (exact) mass is 264 g/mol. The first-order valence-corrected chi connectivity index (χ1v) is 6.66. The van der Waals surface area contributed by atoms with Crippen molar-refractivity contribution in [3.8, 4) is 5.75 Å². The van der Waals surface area contributed by atoms with Crippen LogP contribution in [0.2, 0.25) is 0 Å². The maximum absolute atomic E-state index is 11.3. The van der Waals surface area contributed by atoms with Crippen molar-refractivity contribution < 1.29 is 14.6 Å². The summed E-state index contributed by atoms with van der Waals surface area (Å²) in [5, 5.41) is 9.31. The zero-order valence-electron chi connectivity index (χ0n) is 12.7. The Morgan fingerprint density at radius 1 is 1.26 bits per heavy atom. The normalized spacial score (nSPS) is 12.6. The number of benzene rings is 1. The van der Waals surface area contributed by atoms with Gasteiger partial charge in [-0.3, -0.25) is 4.79 Å². The number of hydrogen-bond donors (Lipinski definition) is 1. The maximum Gasteiger partial charge on any atom is 0.307 e. The van der Waals surface area contributed by atoms with Crippen LogP contribution in [0.4, 0.5) is 0 Å². The number of rotatable bonds is 5. The molecule has 1 aromatic carbocycles. The fraction of sp³-hybridized carbons (Fsp3) is 0.562. The Balaban J connectivity index is 3.18. The number of carboxylic acid groups (broad SMARTS) is 1. The second-order valence-corrected chi connectivity index (χ2v) is 5.53. The van der Waals surface area contributed by atoms with E-state index in [9.17, 15) is 9.90 Å². The lowest BCUT2D eigenvalue weighted by molar-refractivity contribution is -0.143. The third kappa shape index (κ3) is 3.28. The fourth-order valence-electron chi connectivity index (χ4n) is 2.51. The van der Waals surface area contributed by atoms with Crippen LogP contribution in [0.15, 0.2) is 6.07 Å². The van der Waals surface area contributed by atoms with E-state index in [2.05, 4.69) is 6.07 Å². The van der Waals surface area contributed by atoms with Crippen molar-refractivity contribution in [3.63, 3.8) is 0 Å². The van der Waals surface area contributed by atoms with Gasteiger partial charge in [-0.2, -0.15) is 0 Å². The van der Waals surface area contributed by atoms with E-state index in [1.165, 1.54) is 0 Å². The van der Waals surface area contributed by atoms with Crippen LogP contribution < -0.4 is 4.74 Å². The second-order valence-electron chi connectivity index (χ2n) is 5.53. The van der Waals surface area contributed by atoms with Crippen molar-refractivity contribution in [2.45, 2.75) is 41.0 Å². The highest BCUT2D eigenvalue weighted by Crippen LogP contribution is 2.30. The molecule has 0 heterocycles. The van der Waals surface area contributed by atoms with Crippen LogP contribution in [0.25, 0.3) is 0 Å². The number of carboxylic acids is 1. The zero-order chi connectivity index (χ0) is 14.7. The van der Waals surface area contributed by atoms with Crippen LogP contribution in [-0.2, 0) is 11.2 Å². The topological polar surface area (TPSA) is 46.5 Å². The molecule has 3 heteroatoms. The van der Waals surface area contributed by atoms with Crippen molar-refractivity contribution >= 4 is 5.97 Å². The highest BCUT2D eigenvalue weighted by molar-refractivity contribution is 5.71. The summed E-state index contributed by atoms with van der Waals surface area (Å²) in [4.78, 5) is 11.3. The van der Waals surface area contributed by atoms with Crippen LogP contribution in [0.1, 0.15) is 36.1 Å². The van der Waals surface area contributed by atoms with Gasteiger partial charge in [-0.15, -0.1) is 0 Å². The first kappa shape index (κ1) is 15.5. The predicted molar refractivity (Wildman–Crippen MR) is 76.9 cm³/mol. The van der Waals surface area contributed by atoms with Gasteiger partial charge in [0.2, 0.25) is 0 Å². The summed E-state index contributed by atoms with van der Waals surface area (Å²) in [7, 11) is 1.67. The van der Waals surface area contributed by atoms with E-state index in [0.717, 1.165) is 28.0 Å². The fourth-order valence-corrected chi connectivity index (χ4v) is 2.51. The SMILES string of the molecule is COc1c(C)cc(CC(C(=O)O)C(C)C)c(C)c1C. The lowest BCUT2D eigenvalue weighted by Crippen LogP contribution is -2.22. The Hall–Kier alpha value is -1.51. The summed E-state index contributed by atoms with van der Waals surface area (Å²) in [5.41, 5.74) is 4.41. The molecule has 1 N–H and O–H groups in total. The van der Waals surface area contributed by atoms with E-state index in [1.54, 1.807) is 7.11 Å². The molecule has 1 atom stereocenters. The number of aryl methyl sites for hydroxylation is 1. The third-order valence-corrected chi connectivity index (χ3v) is 3.90. The van der Waals surface area contributed by atoms with Crippen molar-refractivity contribution in [2.24, 2.45) is 11.8 Å². The summed E-state index contributed by atoms with van der Waals surface area (Å²) < 4.78 is 5.40. The maximum atomic E-state index is 11.3. The van der Waals surface area contributed by atoms with E-state index in [1.807, 2.05) is 34.6 Å². The minimum absolute atomic E-state index is 0.125. The molecule has 0 aliphatic heterocycles. The van der Waals surface area contributed by atoms with E-state index in [4.69, 9.17) is 4.74 Å². The number of aliphatic carboxylic acids is 1. The summed E-state index contributed by atoms with van der Waals surface area (Å²) >= 11 is 0. The molecule has 1 aromatic rings. The molecule has 0 fully saturated rings.